The molecule has 0 radical (unpaired) electrons. The van der Waals surface area contributed by atoms with Crippen LogP contribution in [0.15, 0.2) is 33.3 Å². The predicted octanol–water partition coefficient (Wildman–Crippen LogP) is 4.39. The van der Waals surface area contributed by atoms with Crippen molar-refractivity contribution in [3.8, 4) is 5.75 Å². The molecule has 1 atom stereocenters. The summed E-state index contributed by atoms with van der Waals surface area (Å²) >= 11 is 8.15. The number of carbonyl (C=O) groups excluding carboxylic acids is 1. The zero-order valence-corrected chi connectivity index (χ0v) is 15.4. The zero-order valence-electron chi connectivity index (χ0n) is 11.4. The molecule has 4 nitrogen and oxygen atoms in total. The van der Waals surface area contributed by atoms with Gasteiger partial charge in [-0.3, -0.25) is 4.98 Å². The number of fused-ring (bicyclic) bond motifs is 1. The van der Waals surface area contributed by atoms with Gasteiger partial charge in [0.15, 0.2) is 0 Å². The van der Waals surface area contributed by atoms with Crippen LogP contribution in [0.2, 0.25) is 0 Å². The highest BCUT2D eigenvalue weighted by Crippen LogP contribution is 2.31. The van der Waals surface area contributed by atoms with Gasteiger partial charge in [0, 0.05) is 20.5 Å². The predicted molar refractivity (Wildman–Crippen MR) is 91.7 cm³/mol. The summed E-state index contributed by atoms with van der Waals surface area (Å²) in [5.41, 5.74) is 0.150. The number of aromatic nitrogens is 1. The van der Waals surface area contributed by atoms with Gasteiger partial charge in [-0.1, -0.05) is 0 Å². The Bertz CT molecular complexity index is 666. The van der Waals surface area contributed by atoms with E-state index < -0.39 is 5.44 Å². The zero-order chi connectivity index (χ0) is 15.4. The van der Waals surface area contributed by atoms with Gasteiger partial charge >= 0.3 is 5.97 Å². The van der Waals surface area contributed by atoms with E-state index in [0.717, 1.165) is 19.8 Å². The van der Waals surface area contributed by atoms with Gasteiger partial charge in [-0.25, -0.2) is 4.79 Å². The number of ether oxygens (including phenoxy) is 2. The van der Waals surface area contributed by atoms with E-state index >= 15 is 0 Å². The molecule has 1 aromatic heterocycles. The Morgan fingerprint density at radius 3 is 2.81 bits per heavy atom. The van der Waals surface area contributed by atoms with Gasteiger partial charge in [-0.2, -0.15) is 0 Å². The molecule has 1 unspecified atom stereocenters. The van der Waals surface area contributed by atoms with E-state index in [9.17, 15) is 4.79 Å². The van der Waals surface area contributed by atoms with Crippen molar-refractivity contribution in [3.63, 3.8) is 0 Å². The fraction of sp³-hybridized carbons (Fsp3) is 0.286. The number of rotatable bonds is 5. The molecule has 0 bridgehead atoms. The van der Waals surface area contributed by atoms with Crippen LogP contribution in [0.25, 0.3) is 10.9 Å². The van der Waals surface area contributed by atoms with Crippen LogP contribution in [-0.2, 0) is 9.53 Å². The van der Waals surface area contributed by atoms with Crippen LogP contribution in [-0.4, -0.2) is 29.3 Å². The summed E-state index contributed by atoms with van der Waals surface area (Å²) in [5, 5.41) is 0.914. The number of halogens is 2. The lowest BCUT2D eigenvalue weighted by Gasteiger charge is -2.16. The maximum Gasteiger partial charge on any atom is 0.358 e. The normalized spacial score (nSPS) is 12.2. The van der Waals surface area contributed by atoms with Gasteiger partial charge in [0.2, 0.25) is 5.44 Å². The number of thioether (sulfide) groups is 1. The second-order valence-electron chi connectivity index (χ2n) is 4.07. The quantitative estimate of drug-likeness (QED) is 0.515. The third-order valence-electron chi connectivity index (χ3n) is 2.61. The van der Waals surface area contributed by atoms with Crippen molar-refractivity contribution in [1.29, 1.82) is 0 Å². The first kappa shape index (κ1) is 16.6. The molecule has 0 amide bonds. The molecule has 1 aromatic carbocycles. The Balaban J connectivity index is 2.31. The van der Waals surface area contributed by atoms with E-state index in [4.69, 9.17) is 9.47 Å². The first-order valence-corrected chi connectivity index (χ1v) is 9.03. The third kappa shape index (κ3) is 4.11. The smallest absolute Gasteiger partial charge is 0.358 e. The van der Waals surface area contributed by atoms with E-state index in [0.29, 0.717) is 12.4 Å². The lowest BCUT2D eigenvalue weighted by Crippen LogP contribution is -2.25. The number of hydrogen-bond donors (Lipinski definition) is 0. The number of pyridine rings is 1. The summed E-state index contributed by atoms with van der Waals surface area (Å²) in [6.07, 6.45) is 3.53. The SMILES string of the molecule is CCOC(=O)C(Oc1cc(Br)c2ncc(Br)cc2c1)SC. The van der Waals surface area contributed by atoms with Crippen LogP contribution < -0.4 is 4.74 Å². The maximum absolute atomic E-state index is 11.8. The summed E-state index contributed by atoms with van der Waals surface area (Å²) in [6, 6.07) is 5.59. The molecule has 0 aliphatic heterocycles. The first-order valence-electron chi connectivity index (χ1n) is 6.16. The van der Waals surface area contributed by atoms with Crippen LogP contribution in [0.3, 0.4) is 0 Å². The minimum Gasteiger partial charge on any atom is -0.468 e. The van der Waals surface area contributed by atoms with E-state index in [1.165, 1.54) is 11.8 Å². The molecule has 0 aliphatic rings. The van der Waals surface area contributed by atoms with Crippen molar-refractivity contribution >= 4 is 60.5 Å². The summed E-state index contributed by atoms with van der Waals surface area (Å²) in [6.45, 7) is 2.10. The molecule has 0 saturated heterocycles. The standard InChI is InChI=1S/C14H13Br2NO3S/c1-3-19-13(18)14(21-2)20-10-5-8-4-9(15)7-17-12(8)11(16)6-10/h4-7,14H,3H2,1-2H3. The molecule has 0 saturated carbocycles. The monoisotopic (exact) mass is 433 g/mol. The molecule has 7 heteroatoms. The summed E-state index contributed by atoms with van der Waals surface area (Å²) in [7, 11) is 0. The highest BCUT2D eigenvalue weighted by molar-refractivity contribution is 9.11. The van der Waals surface area contributed by atoms with Gasteiger partial charge in [0.05, 0.1) is 12.1 Å². The van der Waals surface area contributed by atoms with Crippen LogP contribution in [0.5, 0.6) is 5.75 Å². The van der Waals surface area contributed by atoms with Crippen LogP contribution >= 0.6 is 43.6 Å². The number of carbonyl (C=O) groups is 1. The second kappa shape index (κ2) is 7.47. The van der Waals surface area contributed by atoms with Gasteiger partial charge < -0.3 is 9.47 Å². The summed E-state index contributed by atoms with van der Waals surface area (Å²) in [4.78, 5) is 16.1. The Kier molecular flexibility index (Phi) is 5.89. The Hall–Kier alpha value is -0.790. The molecule has 0 aliphatic carbocycles. The fourth-order valence-corrected chi connectivity index (χ4v) is 3.12. The molecule has 1 heterocycles. The summed E-state index contributed by atoms with van der Waals surface area (Å²) in [5.74, 6) is 0.204. The molecule has 2 aromatic rings. The highest BCUT2D eigenvalue weighted by atomic mass is 79.9. The van der Waals surface area contributed by atoms with Crippen LogP contribution in [0.1, 0.15) is 6.92 Å². The number of nitrogens with zero attached hydrogens (tertiary/aromatic N) is 1. The second-order valence-corrected chi connectivity index (χ2v) is 6.74. The van der Waals surface area contributed by atoms with Crippen molar-refractivity contribution in [3.05, 3.63) is 33.3 Å². The molecule has 21 heavy (non-hydrogen) atoms. The Morgan fingerprint density at radius 2 is 2.14 bits per heavy atom. The van der Waals surface area contributed by atoms with Gasteiger partial charge in [0.1, 0.15) is 5.75 Å². The third-order valence-corrected chi connectivity index (χ3v) is 4.37. The molecule has 112 valence electrons. The van der Waals surface area contributed by atoms with Crippen molar-refractivity contribution in [2.75, 3.05) is 12.9 Å². The van der Waals surface area contributed by atoms with E-state index in [1.807, 2.05) is 12.1 Å². The minimum atomic E-state index is -0.686. The molecular formula is C14H13Br2NO3S. The molecule has 2 rings (SSSR count). The minimum absolute atomic E-state index is 0.331. The van der Waals surface area contributed by atoms with E-state index in [1.54, 1.807) is 25.4 Å². The molecular weight excluding hydrogens is 422 g/mol. The van der Waals surface area contributed by atoms with Crippen LogP contribution in [0, 0.1) is 0 Å². The van der Waals surface area contributed by atoms with Crippen molar-refractivity contribution in [2.24, 2.45) is 0 Å². The van der Waals surface area contributed by atoms with E-state index in [2.05, 4.69) is 36.8 Å². The average molecular weight is 435 g/mol. The van der Waals surface area contributed by atoms with Gasteiger partial charge in [-0.15, -0.1) is 11.8 Å². The fourth-order valence-electron chi connectivity index (χ4n) is 1.75. The number of benzene rings is 1. The number of hydrogen-bond acceptors (Lipinski definition) is 5. The van der Waals surface area contributed by atoms with Crippen molar-refractivity contribution in [2.45, 2.75) is 12.4 Å². The lowest BCUT2D eigenvalue weighted by molar-refractivity contribution is -0.147. The average Bonchev–Trinajstić information content (AvgIpc) is 2.44. The van der Waals surface area contributed by atoms with Crippen molar-refractivity contribution in [1.82, 2.24) is 4.98 Å². The first-order chi connectivity index (χ1) is 10.0. The van der Waals surface area contributed by atoms with E-state index in [-0.39, 0.29) is 5.97 Å². The van der Waals surface area contributed by atoms with Gasteiger partial charge in [-0.05, 0) is 63.2 Å². The van der Waals surface area contributed by atoms with Gasteiger partial charge in [0.25, 0.3) is 0 Å². The van der Waals surface area contributed by atoms with Crippen molar-refractivity contribution < 1.29 is 14.3 Å². The van der Waals surface area contributed by atoms with Crippen LogP contribution in [0.4, 0.5) is 0 Å². The summed E-state index contributed by atoms with van der Waals surface area (Å²) < 4.78 is 12.4. The Morgan fingerprint density at radius 1 is 1.38 bits per heavy atom. The lowest BCUT2D eigenvalue weighted by atomic mass is 10.2. The molecule has 0 fully saturated rings. The Labute approximate surface area is 143 Å². The molecule has 0 N–H and O–H groups in total. The number of esters is 1. The maximum atomic E-state index is 11.8. The highest BCUT2D eigenvalue weighted by Gasteiger charge is 2.21. The topological polar surface area (TPSA) is 48.4 Å². The molecule has 0 spiro atoms. The largest absolute Gasteiger partial charge is 0.468 e.